The van der Waals surface area contributed by atoms with Crippen LogP contribution in [0, 0.1) is 24.0 Å². The molecule has 1 atom stereocenters. The lowest BCUT2D eigenvalue weighted by Gasteiger charge is -2.18. The van der Waals surface area contributed by atoms with Crippen molar-refractivity contribution in [2.24, 2.45) is 7.05 Å². The van der Waals surface area contributed by atoms with Gasteiger partial charge in [-0.2, -0.15) is 5.10 Å². The predicted octanol–water partition coefficient (Wildman–Crippen LogP) is 2.73. The van der Waals surface area contributed by atoms with E-state index >= 15 is 0 Å². The third-order valence-electron chi connectivity index (χ3n) is 5.26. The van der Waals surface area contributed by atoms with Crippen molar-refractivity contribution in [1.82, 2.24) is 9.78 Å². The molecule has 1 aliphatic rings. The number of carbonyl (C=O) groups is 2. The fourth-order valence-electron chi connectivity index (χ4n) is 3.48. The van der Waals surface area contributed by atoms with E-state index in [1.54, 1.807) is 24.7 Å². The minimum absolute atomic E-state index is 0.0260. The number of hydrogen-bond acceptors (Lipinski definition) is 7. The number of anilines is 2. The summed E-state index contributed by atoms with van der Waals surface area (Å²) in [7, 11) is 1.76. The van der Waals surface area contributed by atoms with Crippen LogP contribution in [0.1, 0.15) is 41.5 Å². The second-order valence-electron chi connectivity index (χ2n) is 7.36. The van der Waals surface area contributed by atoms with Gasteiger partial charge in [0.25, 0.3) is 11.6 Å². The van der Waals surface area contributed by atoms with Gasteiger partial charge in [0.05, 0.1) is 27.6 Å². The molecule has 1 saturated heterocycles. The zero-order chi connectivity index (χ0) is 22.0. The van der Waals surface area contributed by atoms with Crippen LogP contribution in [-0.2, 0) is 16.6 Å². The highest BCUT2D eigenvalue weighted by Crippen LogP contribution is 2.32. The molecule has 10 nitrogen and oxygen atoms in total. The Morgan fingerprint density at radius 2 is 1.93 bits per heavy atom. The Morgan fingerprint density at radius 1 is 1.27 bits per heavy atom. The van der Waals surface area contributed by atoms with Crippen molar-refractivity contribution in [3.63, 3.8) is 0 Å². The van der Waals surface area contributed by atoms with Gasteiger partial charge in [-0.3, -0.25) is 19.6 Å². The van der Waals surface area contributed by atoms with Crippen molar-refractivity contribution in [2.75, 3.05) is 23.3 Å². The summed E-state index contributed by atoms with van der Waals surface area (Å²) < 4.78 is 6.88. The second kappa shape index (κ2) is 8.52. The number of nitro benzene ring substituents is 1. The number of aryl methyl sites for hydroxylation is 2. The van der Waals surface area contributed by atoms with Gasteiger partial charge >= 0.3 is 5.97 Å². The number of hydrogen-bond donors (Lipinski definition) is 1. The Balaban J connectivity index is 1.72. The predicted molar refractivity (Wildman–Crippen MR) is 111 cm³/mol. The Kier molecular flexibility index (Phi) is 6.04. The van der Waals surface area contributed by atoms with Crippen molar-refractivity contribution < 1.29 is 19.2 Å². The first kappa shape index (κ1) is 21.3. The number of nitro groups is 1. The van der Waals surface area contributed by atoms with Gasteiger partial charge in [-0.25, -0.2) is 4.79 Å². The van der Waals surface area contributed by atoms with Gasteiger partial charge in [-0.15, -0.1) is 0 Å². The number of nitrogens with zero attached hydrogens (tertiary/aromatic N) is 4. The van der Waals surface area contributed by atoms with Crippen molar-refractivity contribution in [3.8, 4) is 0 Å². The molecule has 30 heavy (non-hydrogen) atoms. The van der Waals surface area contributed by atoms with E-state index in [0.717, 1.165) is 31.6 Å². The van der Waals surface area contributed by atoms with Gasteiger partial charge < -0.3 is 15.0 Å². The normalized spacial score (nSPS) is 14.5. The maximum absolute atomic E-state index is 12.5. The molecule has 1 aromatic carbocycles. The zero-order valence-electron chi connectivity index (χ0n) is 17.5. The molecule has 2 aromatic rings. The molecule has 2 heterocycles. The number of rotatable bonds is 6. The summed E-state index contributed by atoms with van der Waals surface area (Å²) in [5.74, 6) is -1.31. The highest BCUT2D eigenvalue weighted by molar-refractivity contribution is 5.98. The van der Waals surface area contributed by atoms with Crippen LogP contribution in [0.4, 0.5) is 17.1 Å². The Morgan fingerprint density at radius 3 is 2.50 bits per heavy atom. The molecule has 0 saturated carbocycles. The van der Waals surface area contributed by atoms with Crippen molar-refractivity contribution in [3.05, 3.63) is 45.3 Å². The van der Waals surface area contributed by atoms with Crippen LogP contribution in [0.3, 0.4) is 0 Å². The van der Waals surface area contributed by atoms with Gasteiger partial charge in [0.15, 0.2) is 6.10 Å². The Hall–Kier alpha value is -3.43. The lowest BCUT2D eigenvalue weighted by molar-refractivity contribution is -0.384. The Bertz CT molecular complexity index is 994. The van der Waals surface area contributed by atoms with Crippen molar-refractivity contribution in [2.45, 2.75) is 39.7 Å². The molecular weight excluding hydrogens is 390 g/mol. The number of nitrogens with one attached hydrogen (secondary N) is 1. The SMILES string of the molecule is Cc1nn(C)c(C)c1NC(=O)[C@H](C)OC(=O)c1ccc(N2CCCC2)c([N+](=O)[O-])c1. The molecule has 0 aliphatic carbocycles. The van der Waals surface area contributed by atoms with Crippen LogP contribution in [0.15, 0.2) is 18.2 Å². The summed E-state index contributed by atoms with van der Waals surface area (Å²) in [5.41, 5.74) is 2.35. The fourth-order valence-corrected chi connectivity index (χ4v) is 3.48. The zero-order valence-corrected chi connectivity index (χ0v) is 17.5. The fraction of sp³-hybridized carbons (Fsp3) is 0.450. The molecule has 0 radical (unpaired) electrons. The summed E-state index contributed by atoms with van der Waals surface area (Å²) in [5, 5.41) is 18.4. The average molecular weight is 415 g/mol. The summed E-state index contributed by atoms with van der Waals surface area (Å²) in [4.78, 5) is 37.9. The van der Waals surface area contributed by atoms with Crippen LogP contribution in [0.5, 0.6) is 0 Å². The van der Waals surface area contributed by atoms with Crippen LogP contribution >= 0.6 is 0 Å². The lowest BCUT2D eigenvalue weighted by Crippen LogP contribution is -2.30. The van der Waals surface area contributed by atoms with E-state index in [2.05, 4.69) is 10.4 Å². The van der Waals surface area contributed by atoms with E-state index in [0.29, 0.717) is 17.1 Å². The van der Waals surface area contributed by atoms with Gasteiger partial charge in [0.1, 0.15) is 5.69 Å². The number of aromatic nitrogens is 2. The van der Waals surface area contributed by atoms with E-state index in [1.807, 2.05) is 11.8 Å². The standard InChI is InChI=1S/C20H25N5O5/c1-12-18(13(2)23(4)22-12)21-19(26)14(3)30-20(27)15-7-8-16(17(11-15)25(28)29)24-9-5-6-10-24/h7-8,11,14H,5-6,9-10H2,1-4H3,(H,21,26)/t14-/m0/s1. The summed E-state index contributed by atoms with van der Waals surface area (Å²) in [6.45, 7) is 6.51. The third-order valence-corrected chi connectivity index (χ3v) is 5.26. The molecule has 1 N–H and O–H groups in total. The minimum atomic E-state index is -1.09. The summed E-state index contributed by atoms with van der Waals surface area (Å²) in [6, 6.07) is 4.26. The van der Waals surface area contributed by atoms with E-state index in [4.69, 9.17) is 4.74 Å². The number of amides is 1. The molecule has 160 valence electrons. The smallest absolute Gasteiger partial charge is 0.339 e. The average Bonchev–Trinajstić information content (AvgIpc) is 3.32. The first-order chi connectivity index (χ1) is 14.2. The number of esters is 1. The molecular formula is C20H25N5O5. The molecule has 0 bridgehead atoms. The van der Waals surface area contributed by atoms with Crippen LogP contribution in [0.2, 0.25) is 0 Å². The van der Waals surface area contributed by atoms with Gasteiger partial charge in [0.2, 0.25) is 0 Å². The van der Waals surface area contributed by atoms with Crippen LogP contribution < -0.4 is 10.2 Å². The van der Waals surface area contributed by atoms with Crippen molar-refractivity contribution in [1.29, 1.82) is 0 Å². The van der Waals surface area contributed by atoms with Gasteiger partial charge in [-0.05, 0) is 45.7 Å². The molecule has 1 fully saturated rings. The van der Waals surface area contributed by atoms with E-state index < -0.39 is 22.9 Å². The molecule has 1 aromatic heterocycles. The van der Waals surface area contributed by atoms with Crippen molar-refractivity contribution >= 4 is 28.9 Å². The first-order valence-electron chi connectivity index (χ1n) is 9.74. The quantitative estimate of drug-likeness (QED) is 0.437. The number of ether oxygens (including phenoxy) is 1. The number of carbonyl (C=O) groups excluding carboxylic acids is 2. The topological polar surface area (TPSA) is 120 Å². The molecule has 3 rings (SSSR count). The van der Waals surface area contributed by atoms with Crippen LogP contribution in [-0.4, -0.2) is 45.8 Å². The van der Waals surface area contributed by atoms with Gasteiger partial charge in [0, 0.05) is 26.2 Å². The minimum Gasteiger partial charge on any atom is -0.449 e. The maximum atomic E-state index is 12.5. The molecule has 1 aliphatic heterocycles. The van der Waals surface area contributed by atoms with Crippen LogP contribution in [0.25, 0.3) is 0 Å². The summed E-state index contributed by atoms with van der Waals surface area (Å²) >= 11 is 0. The highest BCUT2D eigenvalue weighted by Gasteiger charge is 2.26. The monoisotopic (exact) mass is 415 g/mol. The third kappa shape index (κ3) is 4.27. The second-order valence-corrected chi connectivity index (χ2v) is 7.36. The van der Waals surface area contributed by atoms with Gasteiger partial charge in [-0.1, -0.05) is 0 Å². The molecule has 1 amide bonds. The lowest BCUT2D eigenvalue weighted by atomic mass is 10.1. The molecule has 0 spiro atoms. The van der Waals surface area contributed by atoms with E-state index in [1.165, 1.54) is 19.1 Å². The summed E-state index contributed by atoms with van der Waals surface area (Å²) in [6.07, 6.45) is 0.862. The highest BCUT2D eigenvalue weighted by atomic mass is 16.6. The Labute approximate surface area is 174 Å². The molecule has 0 unspecified atom stereocenters. The van der Waals surface area contributed by atoms with E-state index in [9.17, 15) is 19.7 Å². The number of benzene rings is 1. The maximum Gasteiger partial charge on any atom is 0.339 e. The van der Waals surface area contributed by atoms with E-state index in [-0.39, 0.29) is 11.3 Å². The first-order valence-corrected chi connectivity index (χ1v) is 9.74. The largest absolute Gasteiger partial charge is 0.449 e. The molecule has 10 heteroatoms.